The van der Waals surface area contributed by atoms with E-state index in [1.54, 1.807) is 37.3 Å². The van der Waals surface area contributed by atoms with Crippen LogP contribution in [0.4, 0.5) is 4.79 Å². The molecule has 2 aliphatic heterocycles. The Hall–Kier alpha value is -3.52. The summed E-state index contributed by atoms with van der Waals surface area (Å²) in [6, 6.07) is 5.22. The summed E-state index contributed by atoms with van der Waals surface area (Å²) in [6.45, 7) is 1.67. The molecule has 0 bridgehead atoms. The number of carbonyl (C=O) groups is 5. The van der Waals surface area contributed by atoms with E-state index in [1.807, 2.05) is 0 Å². The lowest BCUT2D eigenvalue weighted by molar-refractivity contribution is -0.153. The van der Waals surface area contributed by atoms with E-state index in [0.29, 0.717) is 17.0 Å². The second-order valence-electron chi connectivity index (χ2n) is 7.44. The number of hydrogen-bond acceptors (Lipinski definition) is 7. The minimum atomic E-state index is -4.72. The molecular formula is C19H23N5O8S. The number of carbonyl (C=O) groups excluding carboxylic acids is 5. The first-order valence-corrected chi connectivity index (χ1v) is 11.5. The molecule has 33 heavy (non-hydrogen) atoms. The lowest BCUT2D eigenvalue weighted by atomic mass is 10.0. The molecule has 1 aromatic rings. The number of urea groups is 1. The van der Waals surface area contributed by atoms with Crippen molar-refractivity contribution in [1.82, 2.24) is 24.7 Å². The highest BCUT2D eigenvalue weighted by Crippen LogP contribution is 2.15. The first kappa shape index (κ1) is 24.1. The third kappa shape index (κ3) is 5.28. The van der Waals surface area contributed by atoms with Crippen LogP contribution in [-0.4, -0.2) is 95.0 Å². The van der Waals surface area contributed by atoms with E-state index in [-0.39, 0.29) is 23.8 Å². The van der Waals surface area contributed by atoms with Crippen LogP contribution in [0.3, 0.4) is 0 Å². The summed E-state index contributed by atoms with van der Waals surface area (Å²) in [5.74, 6) is -3.66. The van der Waals surface area contributed by atoms with Crippen LogP contribution in [0.15, 0.2) is 30.3 Å². The summed E-state index contributed by atoms with van der Waals surface area (Å²) in [4.78, 5) is 63.9. The summed E-state index contributed by atoms with van der Waals surface area (Å²) < 4.78 is 31.3. The van der Waals surface area contributed by atoms with Gasteiger partial charge in [0.15, 0.2) is 0 Å². The highest BCUT2D eigenvalue weighted by molar-refractivity contribution is 7.84. The summed E-state index contributed by atoms with van der Waals surface area (Å²) in [5, 5.41) is 4.75. The maximum atomic E-state index is 12.8. The van der Waals surface area contributed by atoms with E-state index in [2.05, 4.69) is 10.6 Å². The van der Waals surface area contributed by atoms with Crippen molar-refractivity contribution in [2.45, 2.75) is 25.4 Å². The normalized spacial score (nSPS) is 19.8. The molecule has 2 atom stereocenters. The van der Waals surface area contributed by atoms with Crippen molar-refractivity contribution < 1.29 is 36.9 Å². The second-order valence-corrected chi connectivity index (χ2v) is 8.78. The van der Waals surface area contributed by atoms with Gasteiger partial charge in [-0.3, -0.25) is 28.6 Å². The predicted molar refractivity (Wildman–Crippen MR) is 112 cm³/mol. The standard InChI is InChI=1S/C19H23N5O8S/c1-2-22-8-9-23(18(28)17(22)27)19(29)21-13(10-12-6-4-3-5-7-12)15(25)20-14-11-24(16(14)26)33(30,31)32/h3-7,13-14H,2,8-11H2,1H3,(H,20,25)(H,21,29)(H,30,31,32)/t13-,14?/m0/s1. The third-order valence-electron chi connectivity index (χ3n) is 5.32. The molecule has 0 saturated carbocycles. The molecule has 0 aromatic heterocycles. The summed E-state index contributed by atoms with van der Waals surface area (Å²) in [7, 11) is -4.72. The van der Waals surface area contributed by atoms with Crippen LogP contribution in [0.25, 0.3) is 0 Å². The topological polar surface area (TPSA) is 173 Å². The van der Waals surface area contributed by atoms with Crippen molar-refractivity contribution in [1.29, 1.82) is 0 Å². The second kappa shape index (κ2) is 9.54. The van der Waals surface area contributed by atoms with Crippen molar-refractivity contribution in [2.75, 3.05) is 26.2 Å². The Balaban J connectivity index is 1.71. The maximum Gasteiger partial charge on any atom is 0.362 e. The fourth-order valence-corrected chi connectivity index (χ4v) is 4.13. The first-order chi connectivity index (χ1) is 15.5. The minimum absolute atomic E-state index is 0.00159. The highest BCUT2D eigenvalue weighted by Gasteiger charge is 2.45. The Morgan fingerprint density at radius 2 is 1.79 bits per heavy atom. The Labute approximate surface area is 189 Å². The molecule has 3 N–H and O–H groups in total. The van der Waals surface area contributed by atoms with Crippen molar-refractivity contribution in [2.24, 2.45) is 0 Å². The van der Waals surface area contributed by atoms with Crippen LogP contribution >= 0.6 is 0 Å². The lowest BCUT2D eigenvalue weighted by Crippen LogP contribution is -2.67. The number of nitrogens with one attached hydrogen (secondary N) is 2. The molecular weight excluding hydrogens is 458 g/mol. The zero-order valence-corrected chi connectivity index (χ0v) is 18.4. The Bertz CT molecular complexity index is 1080. The van der Waals surface area contributed by atoms with Gasteiger partial charge in [-0.1, -0.05) is 30.3 Å². The van der Waals surface area contributed by atoms with E-state index < -0.39 is 58.6 Å². The van der Waals surface area contributed by atoms with Crippen molar-refractivity contribution in [3.05, 3.63) is 35.9 Å². The molecule has 0 radical (unpaired) electrons. The average Bonchev–Trinajstić information content (AvgIpc) is 2.76. The number of benzene rings is 1. The monoisotopic (exact) mass is 481 g/mol. The van der Waals surface area contributed by atoms with Crippen LogP contribution in [0.5, 0.6) is 0 Å². The van der Waals surface area contributed by atoms with Crippen molar-refractivity contribution in [3.63, 3.8) is 0 Å². The fourth-order valence-electron chi connectivity index (χ4n) is 3.44. The molecule has 2 saturated heterocycles. The molecule has 14 heteroatoms. The van der Waals surface area contributed by atoms with Crippen molar-refractivity contribution in [3.8, 4) is 0 Å². The van der Waals surface area contributed by atoms with Crippen LogP contribution < -0.4 is 10.6 Å². The summed E-state index contributed by atoms with van der Waals surface area (Å²) in [6.07, 6.45) is -0.00159. The van der Waals surface area contributed by atoms with Crippen molar-refractivity contribution >= 4 is 40.0 Å². The van der Waals surface area contributed by atoms with E-state index in [4.69, 9.17) is 4.55 Å². The van der Waals surface area contributed by atoms with Crippen LogP contribution in [0, 0.1) is 0 Å². The van der Waals surface area contributed by atoms with Gasteiger partial charge in [0.1, 0.15) is 12.1 Å². The zero-order valence-electron chi connectivity index (χ0n) is 17.6. The largest absolute Gasteiger partial charge is 0.362 e. The number of nitrogens with zero attached hydrogens (tertiary/aromatic N) is 3. The van der Waals surface area contributed by atoms with E-state index in [9.17, 15) is 32.4 Å². The minimum Gasteiger partial charge on any atom is -0.341 e. The van der Waals surface area contributed by atoms with Gasteiger partial charge >= 0.3 is 28.1 Å². The third-order valence-corrected chi connectivity index (χ3v) is 6.21. The molecule has 178 valence electrons. The zero-order chi connectivity index (χ0) is 24.3. The molecule has 0 aliphatic carbocycles. The molecule has 0 spiro atoms. The quantitative estimate of drug-likeness (QED) is 0.231. The number of hydrogen-bond donors (Lipinski definition) is 3. The van der Waals surface area contributed by atoms with Crippen LogP contribution in [-0.2, 0) is 35.9 Å². The van der Waals surface area contributed by atoms with Crippen LogP contribution in [0.2, 0.25) is 0 Å². The number of β-lactam (4-membered cyclic amide) rings is 1. The van der Waals surface area contributed by atoms with Gasteiger partial charge < -0.3 is 15.5 Å². The Morgan fingerprint density at radius 3 is 2.36 bits per heavy atom. The Morgan fingerprint density at radius 1 is 1.12 bits per heavy atom. The van der Waals surface area contributed by atoms with Gasteiger partial charge in [-0.2, -0.15) is 8.42 Å². The molecule has 1 unspecified atom stereocenters. The highest BCUT2D eigenvalue weighted by atomic mass is 32.2. The molecule has 1 aromatic carbocycles. The van der Waals surface area contributed by atoms with Gasteiger partial charge in [0.2, 0.25) is 5.91 Å². The van der Waals surface area contributed by atoms with Gasteiger partial charge in [0, 0.05) is 26.1 Å². The molecule has 2 heterocycles. The van der Waals surface area contributed by atoms with Crippen LogP contribution in [0.1, 0.15) is 12.5 Å². The molecule has 2 fully saturated rings. The summed E-state index contributed by atoms with van der Waals surface area (Å²) in [5.41, 5.74) is 0.663. The number of piperazine rings is 1. The van der Waals surface area contributed by atoms with E-state index >= 15 is 0 Å². The van der Waals surface area contributed by atoms with E-state index in [1.165, 1.54) is 4.90 Å². The first-order valence-electron chi connectivity index (χ1n) is 10.1. The Kier molecular flexibility index (Phi) is 6.98. The lowest BCUT2D eigenvalue weighted by Gasteiger charge is -2.36. The molecule has 6 amide bonds. The molecule has 2 aliphatic rings. The fraction of sp³-hybridized carbons (Fsp3) is 0.421. The number of amides is 6. The van der Waals surface area contributed by atoms with Gasteiger partial charge in [0.25, 0.3) is 5.91 Å². The number of imide groups is 1. The predicted octanol–water partition coefficient (Wildman–Crippen LogP) is -1.87. The average molecular weight is 481 g/mol. The van der Waals surface area contributed by atoms with Gasteiger partial charge in [-0.25, -0.2) is 9.10 Å². The SMILES string of the molecule is CCN1CCN(C(=O)N[C@@H](Cc2ccccc2)C(=O)NC2CN(S(=O)(=O)O)C2=O)C(=O)C1=O. The summed E-state index contributed by atoms with van der Waals surface area (Å²) >= 11 is 0. The molecule has 13 nitrogen and oxygen atoms in total. The van der Waals surface area contributed by atoms with Gasteiger partial charge in [-0.05, 0) is 12.5 Å². The van der Waals surface area contributed by atoms with Gasteiger partial charge in [-0.15, -0.1) is 0 Å². The van der Waals surface area contributed by atoms with Gasteiger partial charge in [0.05, 0.1) is 6.54 Å². The molecule has 3 rings (SSSR count). The smallest absolute Gasteiger partial charge is 0.341 e. The van der Waals surface area contributed by atoms with E-state index in [0.717, 1.165) is 0 Å². The number of likely N-dealkylation sites (N-methyl/N-ethyl adjacent to an activating group) is 1. The maximum absolute atomic E-state index is 12.8. The number of rotatable bonds is 7.